The average Bonchev–Trinajstić information content (AvgIpc) is 2.38. The number of likely N-dealkylation sites (N-methyl/N-ethyl adjacent to an activating group) is 1. The first kappa shape index (κ1) is 15.4. The van der Waals surface area contributed by atoms with E-state index in [1.807, 2.05) is 6.92 Å². The van der Waals surface area contributed by atoms with Gasteiger partial charge in [-0.2, -0.15) is 0 Å². The molecule has 0 saturated heterocycles. The fraction of sp³-hybridized carbons (Fsp3) is 0.462. The van der Waals surface area contributed by atoms with Crippen molar-refractivity contribution in [1.29, 1.82) is 0 Å². The third kappa shape index (κ3) is 4.82. The molecule has 19 heavy (non-hydrogen) atoms. The smallest absolute Gasteiger partial charge is 0.326 e. The molecule has 4 nitrogen and oxygen atoms in total. The van der Waals surface area contributed by atoms with Crippen LogP contribution in [0.3, 0.4) is 0 Å². The van der Waals surface area contributed by atoms with E-state index in [2.05, 4.69) is 5.32 Å². The zero-order valence-electron chi connectivity index (χ0n) is 10.9. The van der Waals surface area contributed by atoms with Crippen LogP contribution in [0.1, 0.15) is 13.8 Å². The molecule has 1 aromatic carbocycles. The molecule has 0 bridgehead atoms. The van der Waals surface area contributed by atoms with E-state index in [0.29, 0.717) is 6.54 Å². The maximum Gasteiger partial charge on any atom is 0.326 e. The molecule has 0 aromatic heterocycles. The highest BCUT2D eigenvalue weighted by Crippen LogP contribution is 2.18. The Morgan fingerprint density at radius 3 is 2.74 bits per heavy atom. The fourth-order valence-electron chi connectivity index (χ4n) is 1.46. The number of esters is 1. The van der Waals surface area contributed by atoms with Gasteiger partial charge in [0, 0.05) is 6.07 Å². The highest BCUT2D eigenvalue weighted by Gasteiger charge is 2.20. The van der Waals surface area contributed by atoms with Crippen molar-refractivity contribution in [2.75, 3.05) is 19.8 Å². The number of hydrogen-bond donors (Lipinski definition) is 1. The van der Waals surface area contributed by atoms with Crippen LogP contribution in [0.15, 0.2) is 18.2 Å². The maximum atomic E-state index is 13.3. The topological polar surface area (TPSA) is 47.6 Å². The van der Waals surface area contributed by atoms with Gasteiger partial charge in [0.15, 0.2) is 11.6 Å². The molecule has 0 saturated carbocycles. The van der Waals surface area contributed by atoms with Gasteiger partial charge in [0.2, 0.25) is 0 Å². The largest absolute Gasteiger partial charge is 0.488 e. The maximum absolute atomic E-state index is 13.3. The van der Waals surface area contributed by atoms with Crippen molar-refractivity contribution in [2.45, 2.75) is 19.9 Å². The molecule has 0 spiro atoms. The lowest BCUT2D eigenvalue weighted by molar-refractivity contribution is -0.146. The van der Waals surface area contributed by atoms with Gasteiger partial charge in [-0.3, -0.25) is 4.79 Å². The number of halogens is 2. The Hall–Kier alpha value is -1.69. The average molecular weight is 273 g/mol. The number of carbonyl (C=O) groups excluding carboxylic acids is 1. The van der Waals surface area contributed by atoms with Crippen molar-refractivity contribution >= 4 is 5.97 Å². The number of ether oxygens (including phenoxy) is 2. The lowest BCUT2D eigenvalue weighted by atomic mass is 10.3. The Morgan fingerprint density at radius 2 is 2.11 bits per heavy atom. The van der Waals surface area contributed by atoms with Crippen LogP contribution in [0, 0.1) is 11.6 Å². The Balaban J connectivity index is 2.65. The van der Waals surface area contributed by atoms with E-state index in [-0.39, 0.29) is 19.0 Å². The van der Waals surface area contributed by atoms with E-state index in [1.54, 1.807) is 6.92 Å². The molecular weight excluding hydrogens is 256 g/mol. The molecule has 1 unspecified atom stereocenters. The molecule has 1 aromatic rings. The summed E-state index contributed by atoms with van der Waals surface area (Å²) < 4.78 is 36.2. The first-order valence-electron chi connectivity index (χ1n) is 6.06. The molecule has 106 valence electrons. The summed E-state index contributed by atoms with van der Waals surface area (Å²) in [6.07, 6.45) is 0. The Kier molecular flexibility index (Phi) is 6.21. The van der Waals surface area contributed by atoms with Crippen LogP contribution in [-0.2, 0) is 9.53 Å². The van der Waals surface area contributed by atoms with Crippen LogP contribution in [-0.4, -0.2) is 31.8 Å². The Bertz CT molecular complexity index is 426. The van der Waals surface area contributed by atoms with E-state index in [9.17, 15) is 13.6 Å². The highest BCUT2D eigenvalue weighted by atomic mass is 19.1. The van der Waals surface area contributed by atoms with Crippen LogP contribution in [0.2, 0.25) is 0 Å². The normalized spacial score (nSPS) is 12.0. The van der Waals surface area contributed by atoms with Crippen LogP contribution in [0.4, 0.5) is 8.78 Å². The van der Waals surface area contributed by atoms with Gasteiger partial charge in [-0.25, -0.2) is 8.78 Å². The summed E-state index contributed by atoms with van der Waals surface area (Å²) in [5.74, 6) is -2.00. The van der Waals surface area contributed by atoms with Crippen molar-refractivity contribution in [3.63, 3.8) is 0 Å². The number of benzene rings is 1. The van der Waals surface area contributed by atoms with Crippen molar-refractivity contribution in [3.05, 3.63) is 29.8 Å². The molecule has 0 fully saturated rings. The minimum Gasteiger partial charge on any atom is -0.488 e. The molecule has 0 aliphatic rings. The van der Waals surface area contributed by atoms with Gasteiger partial charge in [0.1, 0.15) is 18.5 Å². The molecule has 1 atom stereocenters. The zero-order chi connectivity index (χ0) is 14.3. The summed E-state index contributed by atoms with van der Waals surface area (Å²) in [6.45, 7) is 4.14. The predicted octanol–water partition coefficient (Wildman–Crippen LogP) is 1.88. The van der Waals surface area contributed by atoms with Crippen molar-refractivity contribution < 1.29 is 23.0 Å². The molecule has 0 heterocycles. The summed E-state index contributed by atoms with van der Waals surface area (Å²) in [5.41, 5.74) is 0. The second-order valence-electron chi connectivity index (χ2n) is 3.75. The second-order valence-corrected chi connectivity index (χ2v) is 3.75. The summed E-state index contributed by atoms with van der Waals surface area (Å²) >= 11 is 0. The van der Waals surface area contributed by atoms with Crippen molar-refractivity contribution in [2.24, 2.45) is 0 Å². The summed E-state index contributed by atoms with van der Waals surface area (Å²) in [5, 5.41) is 2.86. The number of hydrogen-bond acceptors (Lipinski definition) is 4. The van der Waals surface area contributed by atoms with Gasteiger partial charge >= 0.3 is 5.97 Å². The van der Waals surface area contributed by atoms with E-state index in [0.717, 1.165) is 18.2 Å². The van der Waals surface area contributed by atoms with E-state index < -0.39 is 23.6 Å². The van der Waals surface area contributed by atoms with E-state index in [1.165, 1.54) is 0 Å². The standard InChI is InChI=1S/C13H17F2NO3/c1-3-16-11(13(17)18-4-2)8-19-12-7-9(14)5-6-10(12)15/h5-7,11,16H,3-4,8H2,1-2H3. The molecular formula is C13H17F2NO3. The van der Waals surface area contributed by atoms with Gasteiger partial charge in [0.25, 0.3) is 0 Å². The summed E-state index contributed by atoms with van der Waals surface area (Å²) in [6, 6.07) is 2.18. The fourth-order valence-corrected chi connectivity index (χ4v) is 1.46. The van der Waals surface area contributed by atoms with Gasteiger partial charge in [0.05, 0.1) is 6.61 Å². The minimum absolute atomic E-state index is 0.132. The third-order valence-corrected chi connectivity index (χ3v) is 2.32. The molecule has 0 aliphatic heterocycles. The molecule has 0 aliphatic carbocycles. The first-order chi connectivity index (χ1) is 9.08. The van der Waals surface area contributed by atoms with Gasteiger partial charge in [-0.15, -0.1) is 0 Å². The number of carbonyl (C=O) groups is 1. The second kappa shape index (κ2) is 7.68. The first-order valence-corrected chi connectivity index (χ1v) is 6.06. The molecule has 0 amide bonds. The lowest BCUT2D eigenvalue weighted by Crippen LogP contribution is -2.42. The SMILES string of the molecule is CCNC(COc1cc(F)ccc1F)C(=O)OCC. The quantitative estimate of drug-likeness (QED) is 0.771. The van der Waals surface area contributed by atoms with E-state index >= 15 is 0 Å². The summed E-state index contributed by atoms with van der Waals surface area (Å²) in [7, 11) is 0. The number of nitrogens with one attached hydrogen (secondary N) is 1. The van der Waals surface area contributed by atoms with Gasteiger partial charge < -0.3 is 14.8 Å². The van der Waals surface area contributed by atoms with Gasteiger partial charge in [-0.1, -0.05) is 6.92 Å². The van der Waals surface area contributed by atoms with Crippen LogP contribution in [0.25, 0.3) is 0 Å². The zero-order valence-corrected chi connectivity index (χ0v) is 10.9. The van der Waals surface area contributed by atoms with Crippen molar-refractivity contribution in [3.8, 4) is 5.75 Å². The Labute approximate surface area is 110 Å². The minimum atomic E-state index is -0.715. The predicted molar refractivity (Wildman–Crippen MR) is 66.0 cm³/mol. The third-order valence-electron chi connectivity index (χ3n) is 2.32. The molecule has 0 radical (unpaired) electrons. The van der Waals surface area contributed by atoms with E-state index in [4.69, 9.17) is 9.47 Å². The Morgan fingerprint density at radius 1 is 1.37 bits per heavy atom. The highest BCUT2D eigenvalue weighted by molar-refractivity contribution is 5.76. The number of rotatable bonds is 7. The van der Waals surface area contributed by atoms with Gasteiger partial charge in [-0.05, 0) is 25.6 Å². The van der Waals surface area contributed by atoms with Crippen LogP contribution < -0.4 is 10.1 Å². The summed E-state index contributed by atoms with van der Waals surface area (Å²) in [4.78, 5) is 11.6. The monoisotopic (exact) mass is 273 g/mol. The van der Waals surface area contributed by atoms with Crippen molar-refractivity contribution in [1.82, 2.24) is 5.32 Å². The molecule has 6 heteroatoms. The van der Waals surface area contributed by atoms with Crippen LogP contribution in [0.5, 0.6) is 5.75 Å². The molecule has 1 rings (SSSR count). The molecule has 1 N–H and O–H groups in total. The lowest BCUT2D eigenvalue weighted by Gasteiger charge is -2.17. The van der Waals surface area contributed by atoms with Crippen LogP contribution >= 0.6 is 0 Å².